The molecule has 1 aromatic heterocycles. The summed E-state index contributed by atoms with van der Waals surface area (Å²) in [5.74, 6) is -0.387. The van der Waals surface area contributed by atoms with Crippen LogP contribution in [0.2, 0.25) is 0 Å². The van der Waals surface area contributed by atoms with E-state index < -0.39 is 0 Å². The quantitative estimate of drug-likeness (QED) is 0.562. The Labute approximate surface area is 82.8 Å². The molecule has 1 heterocycles. The molecule has 1 unspecified atom stereocenters. The summed E-state index contributed by atoms with van der Waals surface area (Å²) < 4.78 is 4.56. The molecule has 0 aliphatic rings. The van der Waals surface area contributed by atoms with Crippen molar-refractivity contribution in [2.75, 3.05) is 7.11 Å². The fourth-order valence-electron chi connectivity index (χ4n) is 1.17. The Balaban J connectivity index is 2.76. The summed E-state index contributed by atoms with van der Waals surface area (Å²) in [4.78, 5) is 13.9. The molecule has 1 rings (SSSR count). The standard InChI is InChI=1S/C10H14N2O2/c1-3-4-8(11)7-5-9(12-6-7)10(13)14-2/h3,5-6,8,12H,1,4,11H2,2H3. The van der Waals surface area contributed by atoms with Gasteiger partial charge in [0, 0.05) is 12.2 Å². The van der Waals surface area contributed by atoms with Crippen LogP contribution in [0.4, 0.5) is 0 Å². The molecule has 0 spiro atoms. The van der Waals surface area contributed by atoms with Gasteiger partial charge in [0.1, 0.15) is 5.69 Å². The third-order valence-electron chi connectivity index (χ3n) is 1.96. The lowest BCUT2D eigenvalue weighted by molar-refractivity contribution is 0.0595. The van der Waals surface area contributed by atoms with Crippen LogP contribution in [0.1, 0.15) is 28.5 Å². The van der Waals surface area contributed by atoms with Gasteiger partial charge in [0.2, 0.25) is 0 Å². The first-order valence-corrected chi connectivity index (χ1v) is 4.32. The smallest absolute Gasteiger partial charge is 0.354 e. The van der Waals surface area contributed by atoms with Crippen molar-refractivity contribution < 1.29 is 9.53 Å². The zero-order valence-corrected chi connectivity index (χ0v) is 8.12. The van der Waals surface area contributed by atoms with Crippen LogP contribution in [0, 0.1) is 0 Å². The van der Waals surface area contributed by atoms with Gasteiger partial charge in [0.05, 0.1) is 7.11 Å². The largest absolute Gasteiger partial charge is 0.464 e. The van der Waals surface area contributed by atoms with Crippen molar-refractivity contribution in [3.05, 3.63) is 36.2 Å². The minimum absolute atomic E-state index is 0.123. The van der Waals surface area contributed by atoms with E-state index in [2.05, 4.69) is 16.3 Å². The number of esters is 1. The van der Waals surface area contributed by atoms with Crippen molar-refractivity contribution in [2.24, 2.45) is 5.73 Å². The van der Waals surface area contributed by atoms with Gasteiger partial charge in [-0.15, -0.1) is 6.58 Å². The van der Waals surface area contributed by atoms with Crippen LogP contribution in [0.5, 0.6) is 0 Å². The Bertz CT molecular complexity index is 331. The number of carbonyl (C=O) groups excluding carboxylic acids is 1. The molecule has 0 saturated carbocycles. The Morgan fingerprint density at radius 3 is 3.14 bits per heavy atom. The van der Waals surface area contributed by atoms with E-state index in [0.29, 0.717) is 12.1 Å². The summed E-state index contributed by atoms with van der Waals surface area (Å²) in [6, 6.07) is 1.57. The molecule has 0 radical (unpaired) electrons. The SMILES string of the molecule is C=CCC(N)c1c[nH]c(C(=O)OC)c1. The van der Waals surface area contributed by atoms with Gasteiger partial charge in [-0.2, -0.15) is 0 Å². The number of carbonyl (C=O) groups is 1. The van der Waals surface area contributed by atoms with E-state index >= 15 is 0 Å². The van der Waals surface area contributed by atoms with Crippen LogP contribution >= 0.6 is 0 Å². The molecule has 0 aliphatic heterocycles. The molecule has 76 valence electrons. The Morgan fingerprint density at radius 1 is 1.86 bits per heavy atom. The van der Waals surface area contributed by atoms with E-state index in [1.165, 1.54) is 7.11 Å². The Kier molecular flexibility index (Phi) is 3.48. The highest BCUT2D eigenvalue weighted by Crippen LogP contribution is 2.15. The molecule has 4 heteroatoms. The minimum Gasteiger partial charge on any atom is -0.464 e. The maximum atomic E-state index is 11.1. The molecule has 1 atom stereocenters. The van der Waals surface area contributed by atoms with E-state index in [9.17, 15) is 4.79 Å². The summed E-state index contributed by atoms with van der Waals surface area (Å²) in [6.45, 7) is 3.60. The Hall–Kier alpha value is -1.55. The van der Waals surface area contributed by atoms with Gasteiger partial charge in [-0.25, -0.2) is 4.79 Å². The molecular weight excluding hydrogens is 180 g/mol. The van der Waals surface area contributed by atoms with E-state index in [4.69, 9.17) is 5.73 Å². The number of hydrogen-bond acceptors (Lipinski definition) is 3. The van der Waals surface area contributed by atoms with Gasteiger partial charge >= 0.3 is 5.97 Å². The van der Waals surface area contributed by atoms with Crippen molar-refractivity contribution in [2.45, 2.75) is 12.5 Å². The van der Waals surface area contributed by atoms with Crippen molar-refractivity contribution in [3.63, 3.8) is 0 Å². The van der Waals surface area contributed by atoms with Gasteiger partial charge in [0.15, 0.2) is 0 Å². The summed E-state index contributed by atoms with van der Waals surface area (Å²) >= 11 is 0. The second-order valence-electron chi connectivity index (χ2n) is 2.97. The first-order valence-electron chi connectivity index (χ1n) is 4.32. The third kappa shape index (κ3) is 2.23. The van der Waals surface area contributed by atoms with E-state index in [1.807, 2.05) is 0 Å². The maximum absolute atomic E-state index is 11.1. The highest BCUT2D eigenvalue weighted by molar-refractivity contribution is 5.87. The Morgan fingerprint density at radius 2 is 2.57 bits per heavy atom. The normalized spacial score (nSPS) is 12.1. The van der Waals surface area contributed by atoms with Crippen molar-refractivity contribution in [3.8, 4) is 0 Å². The lowest BCUT2D eigenvalue weighted by Crippen LogP contribution is -2.07. The summed E-state index contributed by atoms with van der Waals surface area (Å²) in [5, 5.41) is 0. The van der Waals surface area contributed by atoms with Gasteiger partial charge in [-0.1, -0.05) is 6.08 Å². The summed E-state index contributed by atoms with van der Waals surface area (Å²) in [5.41, 5.74) is 7.12. The molecule has 1 aromatic rings. The molecule has 0 amide bonds. The van der Waals surface area contributed by atoms with Gasteiger partial charge in [0.25, 0.3) is 0 Å². The second kappa shape index (κ2) is 4.62. The number of nitrogens with two attached hydrogens (primary N) is 1. The van der Waals surface area contributed by atoms with Crippen LogP contribution in [-0.4, -0.2) is 18.1 Å². The number of H-pyrrole nitrogens is 1. The van der Waals surface area contributed by atoms with Crippen molar-refractivity contribution in [1.29, 1.82) is 0 Å². The fourth-order valence-corrected chi connectivity index (χ4v) is 1.17. The molecule has 3 N–H and O–H groups in total. The average molecular weight is 194 g/mol. The number of ether oxygens (including phenoxy) is 1. The predicted molar refractivity (Wildman–Crippen MR) is 53.9 cm³/mol. The molecule has 0 fully saturated rings. The van der Waals surface area contributed by atoms with Gasteiger partial charge in [-0.05, 0) is 18.1 Å². The summed E-state index contributed by atoms with van der Waals surface area (Å²) in [7, 11) is 1.34. The number of nitrogens with one attached hydrogen (secondary N) is 1. The average Bonchev–Trinajstić information content (AvgIpc) is 2.66. The maximum Gasteiger partial charge on any atom is 0.354 e. The number of rotatable bonds is 4. The zero-order valence-electron chi connectivity index (χ0n) is 8.12. The zero-order chi connectivity index (χ0) is 10.6. The lowest BCUT2D eigenvalue weighted by Gasteiger charge is -2.04. The van der Waals surface area contributed by atoms with Gasteiger partial charge < -0.3 is 15.5 Å². The molecule has 0 saturated heterocycles. The van der Waals surface area contributed by atoms with Crippen molar-refractivity contribution in [1.82, 2.24) is 4.98 Å². The fraction of sp³-hybridized carbons (Fsp3) is 0.300. The van der Waals surface area contributed by atoms with E-state index in [0.717, 1.165) is 5.56 Å². The monoisotopic (exact) mass is 194 g/mol. The third-order valence-corrected chi connectivity index (χ3v) is 1.96. The number of hydrogen-bond donors (Lipinski definition) is 2. The molecule has 4 nitrogen and oxygen atoms in total. The van der Waals surface area contributed by atoms with Crippen LogP contribution in [0.15, 0.2) is 24.9 Å². The van der Waals surface area contributed by atoms with Crippen LogP contribution in [-0.2, 0) is 4.74 Å². The molecular formula is C10H14N2O2. The molecule has 0 bridgehead atoms. The first kappa shape index (κ1) is 10.5. The first-order chi connectivity index (χ1) is 6.69. The number of methoxy groups -OCH3 is 1. The minimum atomic E-state index is -0.387. The van der Waals surface area contributed by atoms with Crippen molar-refractivity contribution >= 4 is 5.97 Å². The lowest BCUT2D eigenvalue weighted by atomic mass is 10.1. The van der Waals surface area contributed by atoms with E-state index in [1.54, 1.807) is 18.3 Å². The summed E-state index contributed by atoms with van der Waals surface area (Å²) in [6.07, 6.45) is 4.13. The second-order valence-corrected chi connectivity index (χ2v) is 2.97. The van der Waals surface area contributed by atoms with Crippen LogP contribution in [0.3, 0.4) is 0 Å². The highest BCUT2D eigenvalue weighted by atomic mass is 16.5. The van der Waals surface area contributed by atoms with E-state index in [-0.39, 0.29) is 12.0 Å². The molecule has 0 aliphatic carbocycles. The number of aromatic amines is 1. The predicted octanol–water partition coefficient (Wildman–Crippen LogP) is 1.38. The topological polar surface area (TPSA) is 68.1 Å². The highest BCUT2D eigenvalue weighted by Gasteiger charge is 2.11. The van der Waals surface area contributed by atoms with Crippen LogP contribution in [0.25, 0.3) is 0 Å². The van der Waals surface area contributed by atoms with Crippen LogP contribution < -0.4 is 5.73 Å². The molecule has 14 heavy (non-hydrogen) atoms. The number of aromatic nitrogens is 1. The van der Waals surface area contributed by atoms with Gasteiger partial charge in [-0.3, -0.25) is 0 Å². The molecule has 0 aromatic carbocycles.